The topological polar surface area (TPSA) is 17.4 Å². The Hall–Kier alpha value is -0.800. The maximum atomic E-state index is 6.14. The molecule has 1 aromatic heterocycles. The monoisotopic (exact) mass is 278 g/mol. The summed E-state index contributed by atoms with van der Waals surface area (Å²) in [5.74, 6) is 0.650. The van der Waals surface area contributed by atoms with Crippen LogP contribution in [-0.4, -0.2) is 34.9 Å². The SMILES string of the molecule is CCC(CC)[C@H]1OC[C@@](C)(CCc2cccn2C)N1C. The molecule has 0 saturated carbocycles. The van der Waals surface area contributed by atoms with Gasteiger partial charge in [0.05, 0.1) is 6.61 Å². The second-order valence-electron chi connectivity index (χ2n) is 6.50. The van der Waals surface area contributed by atoms with Gasteiger partial charge in [0.2, 0.25) is 0 Å². The second kappa shape index (κ2) is 6.31. The standard InChI is InChI=1S/C17H30N2O/c1-6-14(7-2)16-19(5)17(3,13-20-16)11-10-15-9-8-12-18(15)4/h8-9,12,14,16H,6-7,10-11,13H2,1-5H3/t16-,17-/m1/s1. The molecule has 1 aliphatic rings. The van der Waals surface area contributed by atoms with Gasteiger partial charge >= 0.3 is 0 Å². The summed E-state index contributed by atoms with van der Waals surface area (Å²) in [7, 11) is 4.36. The molecule has 2 heterocycles. The molecule has 0 aliphatic carbocycles. The van der Waals surface area contributed by atoms with Crippen LogP contribution in [0.25, 0.3) is 0 Å². The maximum Gasteiger partial charge on any atom is 0.113 e. The predicted molar refractivity (Wildman–Crippen MR) is 83.7 cm³/mol. The van der Waals surface area contributed by atoms with Crippen molar-refractivity contribution in [2.24, 2.45) is 13.0 Å². The van der Waals surface area contributed by atoms with E-state index in [9.17, 15) is 0 Å². The molecule has 0 spiro atoms. The zero-order valence-electron chi connectivity index (χ0n) is 13.7. The highest BCUT2D eigenvalue weighted by atomic mass is 16.5. The fourth-order valence-electron chi connectivity index (χ4n) is 3.33. The molecule has 1 fully saturated rings. The van der Waals surface area contributed by atoms with Crippen LogP contribution < -0.4 is 0 Å². The quantitative estimate of drug-likeness (QED) is 0.793. The number of rotatable bonds is 6. The minimum absolute atomic E-state index is 0.164. The zero-order chi connectivity index (χ0) is 14.8. The molecule has 0 aromatic carbocycles. The van der Waals surface area contributed by atoms with Crippen molar-refractivity contribution in [1.82, 2.24) is 9.47 Å². The molecule has 3 nitrogen and oxygen atoms in total. The van der Waals surface area contributed by atoms with Gasteiger partial charge in [0.15, 0.2) is 0 Å². The van der Waals surface area contributed by atoms with Gasteiger partial charge in [-0.1, -0.05) is 13.8 Å². The van der Waals surface area contributed by atoms with Crippen molar-refractivity contribution in [2.75, 3.05) is 13.7 Å². The van der Waals surface area contributed by atoms with E-state index in [-0.39, 0.29) is 5.54 Å². The summed E-state index contributed by atoms with van der Waals surface area (Å²) in [6.45, 7) is 7.74. The Kier molecular flexibility index (Phi) is 4.92. The summed E-state index contributed by atoms with van der Waals surface area (Å²) in [6, 6.07) is 4.34. The van der Waals surface area contributed by atoms with Crippen molar-refractivity contribution >= 4 is 0 Å². The Morgan fingerprint density at radius 2 is 2.05 bits per heavy atom. The van der Waals surface area contributed by atoms with Crippen molar-refractivity contribution in [2.45, 2.75) is 58.2 Å². The Balaban J connectivity index is 1.99. The summed E-state index contributed by atoms with van der Waals surface area (Å²) in [6.07, 6.45) is 7.07. The Morgan fingerprint density at radius 3 is 2.60 bits per heavy atom. The molecule has 0 amide bonds. The van der Waals surface area contributed by atoms with E-state index in [2.05, 4.69) is 62.7 Å². The van der Waals surface area contributed by atoms with E-state index < -0.39 is 0 Å². The zero-order valence-corrected chi connectivity index (χ0v) is 13.7. The third kappa shape index (κ3) is 2.94. The number of likely N-dealkylation sites (N-methyl/N-ethyl adjacent to an activating group) is 1. The Bertz CT molecular complexity index is 424. The normalized spacial score (nSPS) is 27.6. The molecular weight excluding hydrogens is 248 g/mol. The summed E-state index contributed by atoms with van der Waals surface area (Å²) in [4.78, 5) is 2.48. The van der Waals surface area contributed by atoms with Gasteiger partial charge in [0.25, 0.3) is 0 Å². The molecule has 0 radical (unpaired) electrons. The van der Waals surface area contributed by atoms with Crippen LogP contribution in [0.3, 0.4) is 0 Å². The van der Waals surface area contributed by atoms with Crippen molar-refractivity contribution in [3.8, 4) is 0 Å². The minimum atomic E-state index is 0.164. The molecular formula is C17H30N2O. The molecule has 20 heavy (non-hydrogen) atoms. The van der Waals surface area contributed by atoms with Gasteiger partial charge in [-0.25, -0.2) is 0 Å². The smallest absolute Gasteiger partial charge is 0.113 e. The highest BCUT2D eigenvalue weighted by Crippen LogP contribution is 2.34. The molecule has 2 rings (SSSR count). The largest absolute Gasteiger partial charge is 0.361 e. The number of hydrogen-bond acceptors (Lipinski definition) is 2. The van der Waals surface area contributed by atoms with Gasteiger partial charge < -0.3 is 9.30 Å². The summed E-state index contributed by atoms with van der Waals surface area (Å²) in [5.41, 5.74) is 1.57. The molecule has 1 saturated heterocycles. The van der Waals surface area contributed by atoms with Crippen LogP contribution in [0, 0.1) is 5.92 Å². The minimum Gasteiger partial charge on any atom is -0.361 e. The molecule has 0 unspecified atom stereocenters. The van der Waals surface area contributed by atoms with E-state index in [1.54, 1.807) is 0 Å². The van der Waals surface area contributed by atoms with E-state index in [0.29, 0.717) is 12.1 Å². The van der Waals surface area contributed by atoms with Crippen LogP contribution in [-0.2, 0) is 18.2 Å². The Morgan fingerprint density at radius 1 is 1.35 bits per heavy atom. The summed E-state index contributed by atoms with van der Waals surface area (Å²) >= 11 is 0. The Labute approximate surface area is 123 Å². The van der Waals surface area contributed by atoms with Gasteiger partial charge in [0.1, 0.15) is 6.23 Å². The van der Waals surface area contributed by atoms with Crippen LogP contribution in [0.4, 0.5) is 0 Å². The van der Waals surface area contributed by atoms with Crippen molar-refractivity contribution in [3.63, 3.8) is 0 Å². The molecule has 3 heteroatoms. The van der Waals surface area contributed by atoms with E-state index in [0.717, 1.165) is 19.4 Å². The van der Waals surface area contributed by atoms with Crippen molar-refractivity contribution < 1.29 is 4.74 Å². The first kappa shape index (κ1) is 15.6. The molecule has 0 bridgehead atoms. The average Bonchev–Trinajstić information content (AvgIpc) is 2.97. The van der Waals surface area contributed by atoms with Crippen molar-refractivity contribution in [3.05, 3.63) is 24.0 Å². The summed E-state index contributed by atoms with van der Waals surface area (Å²) in [5, 5.41) is 0. The fourth-order valence-corrected chi connectivity index (χ4v) is 3.33. The fraction of sp³-hybridized carbons (Fsp3) is 0.765. The third-order valence-corrected chi connectivity index (χ3v) is 5.22. The lowest BCUT2D eigenvalue weighted by Crippen LogP contribution is -2.46. The van der Waals surface area contributed by atoms with E-state index in [1.165, 1.54) is 18.5 Å². The first-order valence-electron chi connectivity index (χ1n) is 7.96. The maximum absolute atomic E-state index is 6.14. The van der Waals surface area contributed by atoms with E-state index in [4.69, 9.17) is 4.74 Å². The number of nitrogens with zero attached hydrogens (tertiary/aromatic N) is 2. The predicted octanol–water partition coefficient (Wildman–Crippen LogP) is 3.44. The lowest BCUT2D eigenvalue weighted by Gasteiger charge is -2.35. The number of aromatic nitrogens is 1. The first-order chi connectivity index (χ1) is 9.51. The number of hydrogen-bond donors (Lipinski definition) is 0. The lowest BCUT2D eigenvalue weighted by atomic mass is 9.93. The summed E-state index contributed by atoms with van der Waals surface area (Å²) < 4.78 is 8.36. The highest BCUT2D eigenvalue weighted by molar-refractivity contribution is 5.08. The molecule has 1 aliphatic heterocycles. The van der Waals surface area contributed by atoms with Gasteiger partial charge in [-0.2, -0.15) is 0 Å². The molecule has 1 aromatic rings. The van der Waals surface area contributed by atoms with Gasteiger partial charge in [0, 0.05) is 24.5 Å². The highest BCUT2D eigenvalue weighted by Gasteiger charge is 2.43. The van der Waals surface area contributed by atoms with Crippen molar-refractivity contribution in [1.29, 1.82) is 0 Å². The number of aryl methyl sites for hydroxylation is 2. The van der Waals surface area contributed by atoms with Crippen LogP contribution >= 0.6 is 0 Å². The van der Waals surface area contributed by atoms with E-state index in [1.807, 2.05) is 0 Å². The van der Waals surface area contributed by atoms with Crippen LogP contribution in [0.5, 0.6) is 0 Å². The van der Waals surface area contributed by atoms with Gasteiger partial charge in [-0.3, -0.25) is 4.90 Å². The average molecular weight is 278 g/mol. The van der Waals surface area contributed by atoms with E-state index >= 15 is 0 Å². The van der Waals surface area contributed by atoms with Crippen LogP contribution in [0.1, 0.15) is 45.7 Å². The first-order valence-corrected chi connectivity index (χ1v) is 7.96. The molecule has 2 atom stereocenters. The van der Waals surface area contributed by atoms with Gasteiger partial charge in [-0.15, -0.1) is 0 Å². The van der Waals surface area contributed by atoms with Crippen LogP contribution in [0.2, 0.25) is 0 Å². The van der Waals surface area contributed by atoms with Crippen LogP contribution in [0.15, 0.2) is 18.3 Å². The molecule has 0 N–H and O–H groups in total. The van der Waals surface area contributed by atoms with Gasteiger partial charge in [-0.05, 0) is 57.7 Å². The third-order valence-electron chi connectivity index (χ3n) is 5.22. The lowest BCUT2D eigenvalue weighted by molar-refractivity contribution is -0.0121. The molecule has 114 valence electrons. The number of ether oxygens (including phenoxy) is 1. The second-order valence-corrected chi connectivity index (χ2v) is 6.50.